The summed E-state index contributed by atoms with van der Waals surface area (Å²) in [6.45, 7) is 8.72. The van der Waals surface area contributed by atoms with Gasteiger partial charge in [-0.15, -0.1) is 10.2 Å². The zero-order valence-corrected chi connectivity index (χ0v) is 16.3. The molecule has 1 aliphatic carbocycles. The number of hydrogen-bond donors (Lipinski definition) is 2. The van der Waals surface area contributed by atoms with Crippen molar-refractivity contribution in [1.29, 1.82) is 0 Å². The second kappa shape index (κ2) is 8.19. The Labute approximate surface area is 151 Å². The van der Waals surface area contributed by atoms with E-state index in [-0.39, 0.29) is 0 Å². The monoisotopic (exact) mass is 346 g/mol. The number of nitrogens with zero attached hydrogens (tertiary/aromatic N) is 4. The van der Waals surface area contributed by atoms with Crippen LogP contribution in [0.25, 0.3) is 0 Å². The van der Waals surface area contributed by atoms with Gasteiger partial charge in [0.05, 0.1) is 0 Å². The zero-order valence-electron chi connectivity index (χ0n) is 16.3. The van der Waals surface area contributed by atoms with E-state index < -0.39 is 0 Å². The molecule has 0 spiro atoms. The predicted octanol–water partition coefficient (Wildman–Crippen LogP) is 2.53. The first-order valence-corrected chi connectivity index (χ1v) is 9.92. The molecule has 1 aromatic heterocycles. The van der Waals surface area contributed by atoms with Gasteiger partial charge in [-0.3, -0.25) is 4.99 Å². The van der Waals surface area contributed by atoms with Crippen molar-refractivity contribution in [3.8, 4) is 0 Å². The number of aliphatic imine (C=N–C) groups is 1. The van der Waals surface area contributed by atoms with Crippen LogP contribution in [0.5, 0.6) is 0 Å². The van der Waals surface area contributed by atoms with Crippen molar-refractivity contribution >= 4 is 5.96 Å². The molecule has 0 saturated heterocycles. The third-order valence-electron chi connectivity index (χ3n) is 6.07. The Morgan fingerprint density at radius 3 is 2.64 bits per heavy atom. The number of guanidine groups is 1. The summed E-state index contributed by atoms with van der Waals surface area (Å²) < 4.78 is 2.26. The van der Waals surface area contributed by atoms with Gasteiger partial charge in [0, 0.05) is 32.6 Å². The zero-order chi connectivity index (χ0) is 17.8. The van der Waals surface area contributed by atoms with Crippen molar-refractivity contribution in [2.24, 2.45) is 22.7 Å². The van der Waals surface area contributed by atoms with E-state index in [0.29, 0.717) is 12.0 Å². The third kappa shape index (κ3) is 4.53. The van der Waals surface area contributed by atoms with Crippen LogP contribution in [0, 0.1) is 24.7 Å². The van der Waals surface area contributed by atoms with Crippen LogP contribution in [-0.2, 0) is 13.0 Å². The van der Waals surface area contributed by atoms with Crippen molar-refractivity contribution in [2.75, 3.05) is 13.6 Å². The van der Waals surface area contributed by atoms with Crippen molar-refractivity contribution in [3.05, 3.63) is 11.6 Å². The lowest BCUT2D eigenvalue weighted by atomic mass is 9.80. The summed E-state index contributed by atoms with van der Waals surface area (Å²) in [7, 11) is 1.87. The minimum Gasteiger partial charge on any atom is -0.356 e. The number of aryl methyl sites for hydroxylation is 2. The molecule has 0 radical (unpaired) electrons. The average molecular weight is 347 g/mol. The number of aromatic nitrogens is 3. The van der Waals surface area contributed by atoms with Crippen LogP contribution in [0.3, 0.4) is 0 Å². The van der Waals surface area contributed by atoms with Gasteiger partial charge in [0.15, 0.2) is 5.96 Å². The number of nitrogens with one attached hydrogen (secondary N) is 2. The van der Waals surface area contributed by atoms with Gasteiger partial charge in [0.1, 0.15) is 11.6 Å². The number of fused-ring (bicyclic) bond motifs is 1. The van der Waals surface area contributed by atoms with Gasteiger partial charge in [0.25, 0.3) is 0 Å². The lowest BCUT2D eigenvalue weighted by Crippen LogP contribution is -2.47. The fourth-order valence-electron chi connectivity index (χ4n) is 4.26. The Morgan fingerprint density at radius 2 is 1.96 bits per heavy atom. The summed E-state index contributed by atoms with van der Waals surface area (Å²) in [6, 6.07) is 0.569. The Bertz CT molecular complexity index is 583. The Morgan fingerprint density at radius 1 is 1.20 bits per heavy atom. The molecule has 1 unspecified atom stereocenters. The summed E-state index contributed by atoms with van der Waals surface area (Å²) in [5.74, 6) is 5.45. The number of hydrogen-bond acceptors (Lipinski definition) is 3. The quantitative estimate of drug-likeness (QED) is 0.649. The molecule has 25 heavy (non-hydrogen) atoms. The molecule has 3 rings (SSSR count). The van der Waals surface area contributed by atoms with Crippen LogP contribution in [0.2, 0.25) is 0 Å². The van der Waals surface area contributed by atoms with Crippen molar-refractivity contribution in [3.63, 3.8) is 0 Å². The molecule has 2 heterocycles. The highest BCUT2D eigenvalue weighted by Gasteiger charge is 2.25. The molecule has 1 fully saturated rings. The van der Waals surface area contributed by atoms with E-state index in [1.54, 1.807) is 0 Å². The van der Waals surface area contributed by atoms with E-state index in [2.05, 4.69) is 44.2 Å². The first-order valence-electron chi connectivity index (χ1n) is 9.92. The summed E-state index contributed by atoms with van der Waals surface area (Å²) in [5, 5.41) is 15.6. The second-order valence-corrected chi connectivity index (χ2v) is 8.13. The highest BCUT2D eigenvalue weighted by Crippen LogP contribution is 2.29. The lowest BCUT2D eigenvalue weighted by Gasteiger charge is -2.32. The van der Waals surface area contributed by atoms with E-state index >= 15 is 0 Å². The van der Waals surface area contributed by atoms with E-state index in [1.807, 2.05) is 14.0 Å². The minimum atomic E-state index is 0.569. The normalized spacial score (nSPS) is 27.2. The summed E-state index contributed by atoms with van der Waals surface area (Å²) >= 11 is 0. The maximum Gasteiger partial charge on any atom is 0.191 e. The summed E-state index contributed by atoms with van der Waals surface area (Å²) in [4.78, 5) is 4.44. The molecule has 6 nitrogen and oxygen atoms in total. The summed E-state index contributed by atoms with van der Waals surface area (Å²) in [6.07, 6.45) is 7.39. The Hall–Kier alpha value is -1.59. The third-order valence-corrected chi connectivity index (χ3v) is 6.07. The molecule has 0 amide bonds. The van der Waals surface area contributed by atoms with E-state index in [0.717, 1.165) is 49.0 Å². The Balaban J connectivity index is 1.44. The van der Waals surface area contributed by atoms with Gasteiger partial charge >= 0.3 is 0 Å². The van der Waals surface area contributed by atoms with Crippen LogP contribution in [0.4, 0.5) is 0 Å². The molecular formula is C19H34N6. The highest BCUT2D eigenvalue weighted by molar-refractivity contribution is 5.79. The van der Waals surface area contributed by atoms with Crippen LogP contribution in [0.1, 0.15) is 57.6 Å². The number of rotatable bonds is 4. The van der Waals surface area contributed by atoms with Gasteiger partial charge in [-0.05, 0) is 56.8 Å². The smallest absolute Gasteiger partial charge is 0.191 e. The molecular weight excluding hydrogens is 312 g/mol. The molecule has 1 atom stereocenters. The highest BCUT2D eigenvalue weighted by atomic mass is 15.3. The first kappa shape index (κ1) is 18.2. The largest absolute Gasteiger partial charge is 0.356 e. The van der Waals surface area contributed by atoms with Crippen molar-refractivity contribution in [1.82, 2.24) is 25.4 Å². The van der Waals surface area contributed by atoms with Crippen molar-refractivity contribution < 1.29 is 0 Å². The van der Waals surface area contributed by atoms with Gasteiger partial charge < -0.3 is 15.2 Å². The standard InChI is InChI=1S/C19H34N6/c1-13(2)16-6-8-17(9-7-16)22-19(20-4)21-11-15-5-10-18-24-23-14(3)25(18)12-15/h13,15-17H,5-12H2,1-4H3,(H2,20,21,22). The second-order valence-electron chi connectivity index (χ2n) is 8.13. The molecule has 1 aromatic rings. The van der Waals surface area contributed by atoms with Gasteiger partial charge in [-0.1, -0.05) is 13.8 Å². The molecule has 0 aromatic carbocycles. The molecule has 2 aliphatic rings. The van der Waals surface area contributed by atoms with Crippen LogP contribution < -0.4 is 10.6 Å². The van der Waals surface area contributed by atoms with Crippen LogP contribution in [0.15, 0.2) is 4.99 Å². The van der Waals surface area contributed by atoms with Crippen LogP contribution in [-0.4, -0.2) is 40.4 Å². The Kier molecular flexibility index (Phi) is 5.97. The molecule has 6 heteroatoms. The molecule has 0 bridgehead atoms. The maximum atomic E-state index is 4.44. The van der Waals surface area contributed by atoms with Crippen LogP contribution >= 0.6 is 0 Å². The minimum absolute atomic E-state index is 0.569. The van der Waals surface area contributed by atoms with E-state index in [4.69, 9.17) is 0 Å². The molecule has 1 saturated carbocycles. The fourth-order valence-corrected chi connectivity index (χ4v) is 4.26. The topological polar surface area (TPSA) is 67.1 Å². The van der Waals surface area contributed by atoms with Crippen molar-refractivity contribution in [2.45, 2.75) is 71.9 Å². The SMILES string of the molecule is CN=C(NCC1CCc2nnc(C)n2C1)NC1CCC(C(C)C)CC1. The summed E-state index contributed by atoms with van der Waals surface area (Å²) in [5.41, 5.74) is 0. The fraction of sp³-hybridized carbons (Fsp3) is 0.842. The predicted molar refractivity (Wildman–Crippen MR) is 102 cm³/mol. The van der Waals surface area contributed by atoms with Gasteiger partial charge in [0.2, 0.25) is 0 Å². The molecule has 140 valence electrons. The van der Waals surface area contributed by atoms with Gasteiger partial charge in [-0.25, -0.2) is 0 Å². The van der Waals surface area contributed by atoms with E-state index in [9.17, 15) is 0 Å². The average Bonchev–Trinajstić information content (AvgIpc) is 2.99. The lowest BCUT2D eigenvalue weighted by molar-refractivity contribution is 0.249. The first-order chi connectivity index (χ1) is 12.1. The van der Waals surface area contributed by atoms with E-state index in [1.165, 1.54) is 32.1 Å². The molecule has 1 aliphatic heterocycles. The van der Waals surface area contributed by atoms with Gasteiger partial charge in [-0.2, -0.15) is 0 Å². The maximum absolute atomic E-state index is 4.44. The molecule has 2 N–H and O–H groups in total.